The van der Waals surface area contributed by atoms with Gasteiger partial charge in [-0.1, -0.05) is 0 Å². The van der Waals surface area contributed by atoms with Crippen LogP contribution in [0.25, 0.3) is 0 Å². The van der Waals surface area contributed by atoms with Crippen LogP contribution in [0.15, 0.2) is 12.3 Å². The van der Waals surface area contributed by atoms with Gasteiger partial charge in [-0.05, 0) is 6.07 Å². The lowest BCUT2D eigenvalue weighted by molar-refractivity contribution is 0.600. The van der Waals surface area contributed by atoms with Gasteiger partial charge in [0.25, 0.3) is 0 Å². The number of hydrogen-bond donors (Lipinski definition) is 1. The van der Waals surface area contributed by atoms with Crippen molar-refractivity contribution in [2.24, 2.45) is 5.73 Å². The van der Waals surface area contributed by atoms with Gasteiger partial charge in [0.2, 0.25) is 0 Å². The Balaban J connectivity index is 2.85. The van der Waals surface area contributed by atoms with Crippen molar-refractivity contribution in [1.82, 2.24) is 4.98 Å². The molecule has 1 aromatic heterocycles. The van der Waals surface area contributed by atoms with E-state index in [-0.39, 0.29) is 12.3 Å². The van der Waals surface area contributed by atoms with Crippen LogP contribution >= 0.6 is 0 Å². The zero-order chi connectivity index (χ0) is 13.1. The van der Waals surface area contributed by atoms with Crippen molar-refractivity contribution < 1.29 is 12.8 Å². The summed E-state index contributed by atoms with van der Waals surface area (Å²) in [5, 5.41) is 0. The molecule has 0 saturated heterocycles. The molecule has 0 amide bonds. The van der Waals surface area contributed by atoms with Gasteiger partial charge in [0.1, 0.15) is 21.5 Å². The van der Waals surface area contributed by atoms with E-state index in [1.54, 1.807) is 11.9 Å². The van der Waals surface area contributed by atoms with Crippen molar-refractivity contribution in [3.63, 3.8) is 0 Å². The number of nitrogens with zero attached hydrogens (tertiary/aromatic N) is 2. The van der Waals surface area contributed by atoms with Gasteiger partial charge in [-0.3, -0.25) is 0 Å². The van der Waals surface area contributed by atoms with Crippen molar-refractivity contribution in [3.8, 4) is 0 Å². The highest BCUT2D eigenvalue weighted by Gasteiger charge is 2.11. The minimum absolute atomic E-state index is 0.0204. The predicted octanol–water partition coefficient (Wildman–Crippen LogP) is 0.160. The maximum atomic E-state index is 12.9. The van der Waals surface area contributed by atoms with E-state index < -0.39 is 15.7 Å². The Kier molecular flexibility index (Phi) is 4.41. The van der Waals surface area contributed by atoms with Crippen LogP contribution in [0.3, 0.4) is 0 Å². The molecule has 0 fully saturated rings. The molecule has 0 aliphatic heterocycles. The molecule has 0 aliphatic carbocycles. The van der Waals surface area contributed by atoms with E-state index in [0.29, 0.717) is 17.9 Å². The number of sulfone groups is 1. The molecule has 17 heavy (non-hydrogen) atoms. The Labute approximate surface area is 100 Å². The second-order valence-corrected chi connectivity index (χ2v) is 6.15. The number of nitrogens with two attached hydrogens (primary N) is 1. The minimum atomic E-state index is -3.03. The fourth-order valence-corrected chi connectivity index (χ4v) is 1.98. The largest absolute Gasteiger partial charge is 0.358 e. The van der Waals surface area contributed by atoms with Crippen LogP contribution in [0.5, 0.6) is 0 Å². The molecular formula is C10H16FN3O2S. The predicted molar refractivity (Wildman–Crippen MR) is 65.1 cm³/mol. The number of hydrogen-bond acceptors (Lipinski definition) is 5. The zero-order valence-electron chi connectivity index (χ0n) is 9.85. The molecule has 0 atom stereocenters. The number of pyridine rings is 1. The van der Waals surface area contributed by atoms with E-state index >= 15 is 0 Å². The Morgan fingerprint density at radius 1 is 1.53 bits per heavy atom. The number of anilines is 1. The number of rotatable bonds is 5. The summed E-state index contributed by atoms with van der Waals surface area (Å²) >= 11 is 0. The molecule has 1 heterocycles. The van der Waals surface area contributed by atoms with Gasteiger partial charge in [-0.15, -0.1) is 0 Å². The fourth-order valence-electron chi connectivity index (χ4n) is 1.38. The monoisotopic (exact) mass is 261 g/mol. The minimum Gasteiger partial charge on any atom is -0.358 e. The first kappa shape index (κ1) is 13.9. The van der Waals surface area contributed by atoms with Gasteiger partial charge in [0.15, 0.2) is 0 Å². The lowest BCUT2D eigenvalue weighted by Gasteiger charge is -2.20. The van der Waals surface area contributed by atoms with Gasteiger partial charge >= 0.3 is 0 Å². The zero-order valence-corrected chi connectivity index (χ0v) is 10.7. The first-order valence-corrected chi connectivity index (χ1v) is 7.13. The van der Waals surface area contributed by atoms with Crippen LogP contribution in [0.1, 0.15) is 5.56 Å². The van der Waals surface area contributed by atoms with Crippen molar-refractivity contribution in [2.75, 3.05) is 30.5 Å². The summed E-state index contributed by atoms with van der Waals surface area (Å²) in [5.74, 6) is 0.0790. The van der Waals surface area contributed by atoms with Crippen LogP contribution in [-0.4, -0.2) is 39.0 Å². The maximum absolute atomic E-state index is 12.9. The third kappa shape index (κ3) is 4.27. The standard InChI is InChI=1S/C10H16FN3O2S/c1-14(3-4-17(2,15)16)10-8(6-12)5-9(11)7-13-10/h5,7H,3-4,6,12H2,1-2H3. The van der Waals surface area contributed by atoms with E-state index in [1.807, 2.05) is 0 Å². The topological polar surface area (TPSA) is 76.3 Å². The summed E-state index contributed by atoms with van der Waals surface area (Å²) in [6.07, 6.45) is 2.26. The van der Waals surface area contributed by atoms with Crippen LogP contribution in [0.2, 0.25) is 0 Å². The summed E-state index contributed by atoms with van der Waals surface area (Å²) in [5.41, 5.74) is 6.04. The van der Waals surface area contributed by atoms with Gasteiger partial charge in [0, 0.05) is 32.0 Å². The molecule has 5 nitrogen and oxygen atoms in total. The molecule has 1 aromatic rings. The smallest absolute Gasteiger partial charge is 0.149 e. The average molecular weight is 261 g/mol. The SMILES string of the molecule is CN(CCS(C)(=O)=O)c1ncc(F)cc1CN. The molecule has 0 spiro atoms. The van der Waals surface area contributed by atoms with Gasteiger partial charge in [0.05, 0.1) is 11.9 Å². The summed E-state index contributed by atoms with van der Waals surface area (Å²) < 4.78 is 35.0. The average Bonchev–Trinajstić information content (AvgIpc) is 2.24. The van der Waals surface area contributed by atoms with Gasteiger partial charge in [-0.25, -0.2) is 17.8 Å². The van der Waals surface area contributed by atoms with Crippen LogP contribution in [0.4, 0.5) is 10.2 Å². The molecular weight excluding hydrogens is 245 g/mol. The van der Waals surface area contributed by atoms with E-state index in [4.69, 9.17) is 5.73 Å². The van der Waals surface area contributed by atoms with E-state index in [9.17, 15) is 12.8 Å². The third-order valence-corrected chi connectivity index (χ3v) is 3.21. The van der Waals surface area contributed by atoms with Crippen LogP contribution < -0.4 is 10.6 Å². The van der Waals surface area contributed by atoms with Crippen molar-refractivity contribution >= 4 is 15.7 Å². The van der Waals surface area contributed by atoms with E-state index in [1.165, 1.54) is 12.3 Å². The second-order valence-electron chi connectivity index (χ2n) is 3.89. The van der Waals surface area contributed by atoms with E-state index in [2.05, 4.69) is 4.98 Å². The normalized spacial score (nSPS) is 11.5. The summed E-state index contributed by atoms with van der Waals surface area (Å²) in [7, 11) is -1.33. The van der Waals surface area contributed by atoms with Crippen molar-refractivity contribution in [3.05, 3.63) is 23.6 Å². The summed E-state index contributed by atoms with van der Waals surface area (Å²) in [6.45, 7) is 0.452. The molecule has 1 rings (SSSR count). The van der Waals surface area contributed by atoms with Gasteiger partial charge in [-0.2, -0.15) is 0 Å². The second kappa shape index (κ2) is 5.42. The van der Waals surface area contributed by atoms with Crippen molar-refractivity contribution in [2.45, 2.75) is 6.54 Å². The van der Waals surface area contributed by atoms with Crippen LogP contribution in [-0.2, 0) is 16.4 Å². The maximum Gasteiger partial charge on any atom is 0.149 e. The molecule has 0 saturated carbocycles. The lowest BCUT2D eigenvalue weighted by Crippen LogP contribution is -2.27. The molecule has 7 heteroatoms. The first-order chi connectivity index (χ1) is 7.83. The quantitative estimate of drug-likeness (QED) is 0.817. The molecule has 0 unspecified atom stereocenters. The number of aromatic nitrogens is 1. The highest BCUT2D eigenvalue weighted by molar-refractivity contribution is 7.90. The third-order valence-electron chi connectivity index (χ3n) is 2.29. The van der Waals surface area contributed by atoms with Gasteiger partial charge < -0.3 is 10.6 Å². The Hall–Kier alpha value is -1.21. The summed E-state index contributed by atoms with van der Waals surface area (Å²) in [4.78, 5) is 5.58. The highest BCUT2D eigenvalue weighted by Crippen LogP contribution is 2.16. The molecule has 0 radical (unpaired) electrons. The highest BCUT2D eigenvalue weighted by atomic mass is 32.2. The van der Waals surface area contributed by atoms with Crippen LogP contribution in [0, 0.1) is 5.82 Å². The molecule has 96 valence electrons. The Bertz CT molecular complexity index is 490. The molecule has 0 bridgehead atoms. The molecule has 0 aromatic carbocycles. The lowest BCUT2D eigenvalue weighted by atomic mass is 10.2. The van der Waals surface area contributed by atoms with Crippen molar-refractivity contribution in [1.29, 1.82) is 0 Å². The van der Waals surface area contributed by atoms with E-state index in [0.717, 1.165) is 6.20 Å². The summed E-state index contributed by atoms with van der Waals surface area (Å²) in [6, 6.07) is 1.30. The molecule has 2 N–H and O–H groups in total. The Morgan fingerprint density at radius 2 is 2.18 bits per heavy atom. The molecule has 0 aliphatic rings. The fraction of sp³-hybridized carbons (Fsp3) is 0.500. The first-order valence-electron chi connectivity index (χ1n) is 5.07. The Morgan fingerprint density at radius 3 is 2.71 bits per heavy atom. The number of halogens is 1.